The van der Waals surface area contributed by atoms with Gasteiger partial charge in [0.25, 0.3) is 5.17 Å². The van der Waals surface area contributed by atoms with Crippen LogP contribution in [0.5, 0.6) is 5.75 Å². The molecule has 132 valence electrons. The van der Waals surface area contributed by atoms with Gasteiger partial charge in [0, 0.05) is 12.2 Å². The zero-order valence-corrected chi connectivity index (χ0v) is 15.4. The SMILES string of the molecule is S=C(NC1=CC2CC2C=C1)Oc1ccc(CCN2CCCCC2)cc1. The molecule has 1 aliphatic heterocycles. The third-order valence-corrected chi connectivity index (χ3v) is 5.54. The molecule has 25 heavy (non-hydrogen) atoms. The van der Waals surface area contributed by atoms with E-state index in [4.69, 9.17) is 17.0 Å². The molecule has 4 heteroatoms. The van der Waals surface area contributed by atoms with Gasteiger partial charge in [0.1, 0.15) is 5.75 Å². The Balaban J connectivity index is 1.24. The molecule has 3 aliphatic rings. The molecule has 2 atom stereocenters. The van der Waals surface area contributed by atoms with Crippen molar-refractivity contribution in [2.45, 2.75) is 32.1 Å². The highest BCUT2D eigenvalue weighted by molar-refractivity contribution is 7.80. The fraction of sp³-hybridized carbons (Fsp3) is 0.476. The first-order valence-electron chi connectivity index (χ1n) is 9.46. The van der Waals surface area contributed by atoms with Gasteiger partial charge in [-0.2, -0.15) is 0 Å². The zero-order chi connectivity index (χ0) is 17.1. The lowest BCUT2D eigenvalue weighted by atomic mass is 10.1. The fourth-order valence-corrected chi connectivity index (χ4v) is 3.90. The quantitative estimate of drug-likeness (QED) is 0.806. The van der Waals surface area contributed by atoms with Crippen molar-refractivity contribution in [2.75, 3.05) is 19.6 Å². The Labute approximate surface area is 155 Å². The summed E-state index contributed by atoms with van der Waals surface area (Å²) in [5.74, 6) is 2.26. The minimum absolute atomic E-state index is 0.413. The van der Waals surface area contributed by atoms with Gasteiger partial charge in [0.2, 0.25) is 0 Å². The van der Waals surface area contributed by atoms with Crippen LogP contribution in [0, 0.1) is 11.8 Å². The lowest BCUT2D eigenvalue weighted by Gasteiger charge is -2.26. The van der Waals surface area contributed by atoms with Crippen molar-refractivity contribution < 1.29 is 4.74 Å². The van der Waals surface area contributed by atoms with Crippen molar-refractivity contribution in [1.29, 1.82) is 0 Å². The first kappa shape index (κ1) is 16.8. The summed E-state index contributed by atoms with van der Waals surface area (Å²) >= 11 is 5.32. The number of allylic oxidation sites excluding steroid dienone is 3. The maximum atomic E-state index is 5.75. The minimum atomic E-state index is 0.413. The van der Waals surface area contributed by atoms with Crippen molar-refractivity contribution in [2.24, 2.45) is 11.8 Å². The normalized spacial score (nSPS) is 25.0. The monoisotopic (exact) mass is 354 g/mol. The van der Waals surface area contributed by atoms with Gasteiger partial charge in [-0.25, -0.2) is 0 Å². The Hall–Kier alpha value is -1.65. The first-order chi connectivity index (χ1) is 12.3. The summed E-state index contributed by atoms with van der Waals surface area (Å²) in [6.07, 6.45) is 13.1. The Morgan fingerprint density at radius 2 is 1.92 bits per heavy atom. The Morgan fingerprint density at radius 1 is 1.12 bits per heavy atom. The van der Waals surface area contributed by atoms with E-state index in [0.29, 0.717) is 11.1 Å². The largest absolute Gasteiger partial charge is 0.432 e. The molecule has 1 saturated heterocycles. The van der Waals surface area contributed by atoms with Gasteiger partial charge in [-0.05, 0) is 86.6 Å². The number of piperidine rings is 1. The predicted molar refractivity (Wildman–Crippen MR) is 106 cm³/mol. The highest BCUT2D eigenvalue weighted by Gasteiger charge is 2.35. The van der Waals surface area contributed by atoms with E-state index < -0.39 is 0 Å². The molecule has 0 bridgehead atoms. The van der Waals surface area contributed by atoms with E-state index in [0.717, 1.165) is 30.3 Å². The summed E-state index contributed by atoms with van der Waals surface area (Å²) in [6, 6.07) is 8.33. The van der Waals surface area contributed by atoms with Crippen LogP contribution in [-0.4, -0.2) is 29.7 Å². The number of fused-ring (bicyclic) bond motifs is 1. The number of likely N-dealkylation sites (tertiary alicyclic amines) is 1. The van der Waals surface area contributed by atoms with Gasteiger partial charge >= 0.3 is 0 Å². The zero-order valence-electron chi connectivity index (χ0n) is 14.6. The van der Waals surface area contributed by atoms with E-state index in [1.54, 1.807) is 0 Å². The number of hydrogen-bond donors (Lipinski definition) is 1. The summed E-state index contributed by atoms with van der Waals surface area (Å²) in [7, 11) is 0. The molecule has 2 aliphatic carbocycles. The molecule has 0 aromatic heterocycles. The Morgan fingerprint density at radius 3 is 2.68 bits per heavy atom. The van der Waals surface area contributed by atoms with Gasteiger partial charge in [-0.3, -0.25) is 0 Å². The molecule has 0 amide bonds. The van der Waals surface area contributed by atoms with Crippen LogP contribution >= 0.6 is 12.2 Å². The van der Waals surface area contributed by atoms with Crippen LogP contribution in [0.25, 0.3) is 0 Å². The van der Waals surface area contributed by atoms with E-state index in [1.165, 1.54) is 44.3 Å². The van der Waals surface area contributed by atoms with Crippen LogP contribution in [0.4, 0.5) is 0 Å². The molecular formula is C21H26N2OS. The molecular weight excluding hydrogens is 328 g/mol. The van der Waals surface area contributed by atoms with Crippen LogP contribution in [0.1, 0.15) is 31.2 Å². The number of ether oxygens (including phenoxy) is 1. The Kier molecular flexibility index (Phi) is 5.18. The molecule has 1 N–H and O–H groups in total. The predicted octanol–water partition coefficient (Wildman–Crippen LogP) is 4.06. The lowest BCUT2D eigenvalue weighted by molar-refractivity contribution is 0.231. The Bertz CT molecular complexity index is 674. The maximum absolute atomic E-state index is 5.75. The van der Waals surface area contributed by atoms with E-state index >= 15 is 0 Å². The van der Waals surface area contributed by atoms with Gasteiger partial charge in [0.05, 0.1) is 0 Å². The summed E-state index contributed by atoms with van der Waals surface area (Å²) in [5.41, 5.74) is 2.41. The van der Waals surface area contributed by atoms with Gasteiger partial charge in [0.15, 0.2) is 0 Å². The summed E-state index contributed by atoms with van der Waals surface area (Å²) in [5, 5.41) is 3.60. The van der Waals surface area contributed by atoms with E-state index in [1.807, 2.05) is 12.1 Å². The van der Waals surface area contributed by atoms with Crippen molar-refractivity contribution in [1.82, 2.24) is 10.2 Å². The number of nitrogens with zero attached hydrogens (tertiary/aromatic N) is 1. The van der Waals surface area contributed by atoms with Crippen LogP contribution in [0.2, 0.25) is 0 Å². The highest BCUT2D eigenvalue weighted by Crippen LogP contribution is 2.43. The molecule has 1 heterocycles. The fourth-order valence-electron chi connectivity index (χ4n) is 3.69. The molecule has 0 radical (unpaired) electrons. The molecule has 2 unspecified atom stereocenters. The second-order valence-electron chi connectivity index (χ2n) is 7.36. The number of rotatable bonds is 5. The van der Waals surface area contributed by atoms with E-state index in [-0.39, 0.29) is 0 Å². The third-order valence-electron chi connectivity index (χ3n) is 5.35. The second-order valence-corrected chi connectivity index (χ2v) is 7.73. The molecule has 3 nitrogen and oxygen atoms in total. The topological polar surface area (TPSA) is 24.5 Å². The minimum Gasteiger partial charge on any atom is -0.432 e. The maximum Gasteiger partial charge on any atom is 0.266 e. The number of thiocarbonyl (C=S) groups is 1. The van der Waals surface area contributed by atoms with Crippen LogP contribution in [-0.2, 0) is 6.42 Å². The number of hydrogen-bond acceptors (Lipinski definition) is 3. The molecule has 0 spiro atoms. The summed E-state index contributed by atoms with van der Waals surface area (Å²) < 4.78 is 5.75. The number of nitrogens with one attached hydrogen (secondary N) is 1. The lowest BCUT2D eigenvalue weighted by Crippen LogP contribution is -2.31. The van der Waals surface area contributed by atoms with Crippen LogP contribution in [0.15, 0.2) is 48.2 Å². The molecule has 2 fully saturated rings. The number of benzene rings is 1. The standard InChI is InChI=1S/C21H26N2OS/c25-21(22-19-7-6-17-14-18(17)15-19)24-20-8-4-16(5-9-20)10-13-23-11-2-1-3-12-23/h4-9,15,17-18H,1-3,10-14H2,(H,22,25). The van der Waals surface area contributed by atoms with Gasteiger partial charge in [-0.1, -0.05) is 30.7 Å². The average Bonchev–Trinajstić information content (AvgIpc) is 3.41. The van der Waals surface area contributed by atoms with Crippen molar-refractivity contribution >= 4 is 17.4 Å². The second kappa shape index (κ2) is 7.71. The molecule has 1 aromatic rings. The van der Waals surface area contributed by atoms with Gasteiger partial charge < -0.3 is 15.0 Å². The molecule has 1 saturated carbocycles. The summed E-state index contributed by atoms with van der Waals surface area (Å²) in [4.78, 5) is 2.57. The average molecular weight is 355 g/mol. The smallest absolute Gasteiger partial charge is 0.266 e. The molecule has 1 aromatic carbocycles. The highest BCUT2D eigenvalue weighted by atomic mass is 32.1. The van der Waals surface area contributed by atoms with Gasteiger partial charge in [-0.15, -0.1) is 0 Å². The molecule has 4 rings (SSSR count). The van der Waals surface area contributed by atoms with Crippen molar-refractivity contribution in [3.63, 3.8) is 0 Å². The van der Waals surface area contributed by atoms with Crippen molar-refractivity contribution in [3.05, 3.63) is 53.8 Å². The van der Waals surface area contributed by atoms with Crippen LogP contribution in [0.3, 0.4) is 0 Å². The van der Waals surface area contributed by atoms with E-state index in [2.05, 4.69) is 40.6 Å². The van der Waals surface area contributed by atoms with E-state index in [9.17, 15) is 0 Å². The first-order valence-corrected chi connectivity index (χ1v) is 9.87. The van der Waals surface area contributed by atoms with Crippen molar-refractivity contribution in [3.8, 4) is 5.75 Å². The summed E-state index contributed by atoms with van der Waals surface area (Å²) in [6.45, 7) is 3.67. The van der Waals surface area contributed by atoms with Crippen LogP contribution < -0.4 is 10.1 Å². The third kappa shape index (κ3) is 4.71.